The first-order valence-electron chi connectivity index (χ1n) is 39.2. The van der Waals surface area contributed by atoms with Crippen molar-refractivity contribution in [1.82, 2.24) is 46.1 Å². The number of benzene rings is 8. The SMILES string of the molecule is CCC(C)N(C)C(=O)c1cccc(NC)c1.CNC(=O)c1cccc(NC)c1.CNc1cccc(-c2noc(NC)n2)c1.CNc1cccc(C(=O)N(C)C(C)C)c1.CNc1cccc(C(=O)N(C)C)c1.CNc1cccc(C(=O)NC2CCC2)c1.CNc1cccc(C(=O)NCC(C)C)c1.CNc1cccc(C(=O)NCC2CC2)c1. The van der Waals surface area contributed by atoms with Gasteiger partial charge in [0.1, 0.15) is 0 Å². The van der Waals surface area contributed by atoms with Gasteiger partial charge in [-0.25, -0.2) is 0 Å². The number of anilines is 9. The molecule has 13 N–H and O–H groups in total. The van der Waals surface area contributed by atoms with Crippen LogP contribution in [-0.2, 0) is 0 Å². The molecule has 0 spiro atoms. The fourth-order valence-corrected chi connectivity index (χ4v) is 10.3. The number of carbonyl (C=O) groups is 7. The first-order valence-corrected chi connectivity index (χ1v) is 39.2. The van der Waals surface area contributed by atoms with Crippen molar-refractivity contribution in [2.45, 2.75) is 98.2 Å². The molecule has 2 aliphatic carbocycles. The summed E-state index contributed by atoms with van der Waals surface area (Å²) >= 11 is 0. The van der Waals surface area contributed by atoms with Gasteiger partial charge in [0.15, 0.2) is 0 Å². The molecule has 0 saturated heterocycles. The summed E-state index contributed by atoms with van der Waals surface area (Å²) in [5.74, 6) is 1.92. The summed E-state index contributed by atoms with van der Waals surface area (Å²) in [6.07, 6.45) is 6.97. The molecule has 1 atom stereocenters. The zero-order valence-electron chi connectivity index (χ0n) is 71.5. The number of nitrogens with one attached hydrogen (secondary N) is 13. The van der Waals surface area contributed by atoms with Crippen LogP contribution in [-0.4, -0.2) is 196 Å². The van der Waals surface area contributed by atoms with E-state index in [9.17, 15) is 33.6 Å². The van der Waals surface area contributed by atoms with E-state index in [0.29, 0.717) is 47.0 Å². The van der Waals surface area contributed by atoms with Crippen LogP contribution in [0, 0.1) is 11.8 Å². The molecule has 624 valence electrons. The van der Waals surface area contributed by atoms with E-state index in [-0.39, 0.29) is 53.4 Å². The van der Waals surface area contributed by atoms with Crippen LogP contribution in [0.2, 0.25) is 0 Å². The number of hydrogen-bond acceptors (Lipinski definition) is 19. The summed E-state index contributed by atoms with van der Waals surface area (Å²) in [5.41, 5.74) is 13.6. The van der Waals surface area contributed by atoms with E-state index in [1.165, 1.54) is 19.3 Å². The molecule has 9 aromatic rings. The molecule has 7 amide bonds. The van der Waals surface area contributed by atoms with Crippen molar-refractivity contribution in [3.05, 3.63) is 233 Å². The van der Waals surface area contributed by atoms with Crippen molar-refractivity contribution in [2.75, 3.05) is 160 Å². The predicted molar refractivity (Wildman–Crippen MR) is 479 cm³/mol. The Morgan fingerprint density at radius 3 is 1.08 bits per heavy atom. The molecule has 11 rings (SSSR count). The molecule has 2 fully saturated rings. The van der Waals surface area contributed by atoms with Crippen LogP contribution >= 0.6 is 0 Å². The van der Waals surface area contributed by atoms with E-state index in [2.05, 4.69) is 107 Å². The van der Waals surface area contributed by atoms with Gasteiger partial charge in [-0.05, 0) is 211 Å². The molecule has 26 nitrogen and oxygen atoms in total. The van der Waals surface area contributed by atoms with E-state index in [1.54, 1.807) is 55.0 Å². The molecule has 0 bridgehead atoms. The minimum atomic E-state index is -0.0629. The van der Waals surface area contributed by atoms with Crippen molar-refractivity contribution in [1.29, 1.82) is 0 Å². The molecular formula is C90H126N18O8. The molecule has 2 aliphatic rings. The Labute approximate surface area is 687 Å². The third-order valence-corrected chi connectivity index (χ3v) is 18.6. The maximum Gasteiger partial charge on any atom is 0.321 e. The summed E-state index contributed by atoms with van der Waals surface area (Å²) in [6.45, 7) is 13.8. The lowest BCUT2D eigenvalue weighted by Gasteiger charge is -2.26. The number of rotatable bonds is 25. The quantitative estimate of drug-likeness (QED) is 0.0253. The second-order valence-corrected chi connectivity index (χ2v) is 28.1. The third-order valence-electron chi connectivity index (χ3n) is 18.6. The molecular weight excluding hydrogens is 1460 g/mol. The number of carbonyl (C=O) groups excluding carboxylic acids is 7. The highest BCUT2D eigenvalue weighted by Crippen LogP contribution is 2.28. The largest absolute Gasteiger partial charge is 0.388 e. The molecule has 2 saturated carbocycles. The highest BCUT2D eigenvalue weighted by molar-refractivity contribution is 5.98. The smallest absolute Gasteiger partial charge is 0.321 e. The normalized spacial score (nSPS) is 11.5. The van der Waals surface area contributed by atoms with Crippen molar-refractivity contribution >= 4 is 92.9 Å². The van der Waals surface area contributed by atoms with Crippen molar-refractivity contribution < 1.29 is 38.1 Å². The first-order chi connectivity index (χ1) is 55.6. The summed E-state index contributed by atoms with van der Waals surface area (Å²) in [6, 6.07) is 61.5. The van der Waals surface area contributed by atoms with Gasteiger partial charge in [-0.15, -0.1) is 0 Å². The van der Waals surface area contributed by atoms with Crippen LogP contribution in [0.4, 0.5) is 51.5 Å². The number of amides is 7. The van der Waals surface area contributed by atoms with E-state index >= 15 is 0 Å². The van der Waals surface area contributed by atoms with Crippen molar-refractivity contribution in [3.8, 4) is 11.4 Å². The lowest BCUT2D eigenvalue weighted by Crippen LogP contribution is -2.39. The number of nitrogens with zero attached hydrogens (tertiary/aromatic N) is 5. The maximum absolute atomic E-state index is 12.1. The second kappa shape index (κ2) is 51.9. The van der Waals surface area contributed by atoms with E-state index in [0.717, 1.165) is 105 Å². The third kappa shape index (κ3) is 34.0. The Hall–Kier alpha value is -12.6. The standard InChI is InChI=1S/C13H20N2O.2C12H16N2O.2C12H18N2O.C10H12N4O.C10H14N2O.C9H12N2O/c1-5-10(2)15(4)13(16)11-7-6-8-12(9-11)14-3;1-13-11-7-2-4-9(8-11)12(15)14-10-5-3-6-10;1-13-11-4-2-3-10(7-11)12(15)14-8-9-5-6-9;1-9(2)14(4)12(15)10-6-5-7-11(8-10)13-3;1-9(2)8-14-12(15)10-5-4-6-11(7-10)13-3;1-11-8-5-3-4-7(6-8)9-13-10(12-2)15-14-9;1-11-9-6-4-5-8(7-9)10(13)12(2)3;1-10-8-5-3-4-7(6-8)9(12)11-2/h6-10,14H,5H2,1-4H3;2,4,7-8,10,13H,3,5-6H2,1H3,(H,14,15);2-4,7,9,13H,5-6,8H2,1H3,(H,14,15);5-9,13H,1-4H3;4-7,9,13H,8H2,1-3H3,(H,14,15);3-6,11H,1-2H3,(H,12,13,14);4-7,11H,1-3H3;3-6,10H,1-2H3,(H,11,12). The molecule has 116 heavy (non-hydrogen) atoms. The van der Waals surface area contributed by atoms with Crippen molar-refractivity contribution in [2.24, 2.45) is 11.8 Å². The molecule has 26 heteroatoms. The van der Waals surface area contributed by atoms with Crippen LogP contribution < -0.4 is 69.1 Å². The highest BCUT2D eigenvalue weighted by Gasteiger charge is 2.23. The van der Waals surface area contributed by atoms with Crippen LogP contribution in [0.5, 0.6) is 0 Å². The van der Waals surface area contributed by atoms with Crippen LogP contribution in [0.15, 0.2) is 199 Å². The summed E-state index contributed by atoms with van der Waals surface area (Å²) in [5, 5.41) is 42.2. The summed E-state index contributed by atoms with van der Waals surface area (Å²) in [7, 11) is 25.3. The fraction of sp³-hybridized carbons (Fsp3) is 0.367. The molecule has 1 unspecified atom stereocenters. The van der Waals surface area contributed by atoms with Gasteiger partial charge in [0.2, 0.25) is 5.82 Å². The Morgan fingerprint density at radius 2 is 0.750 bits per heavy atom. The lowest BCUT2D eigenvalue weighted by molar-refractivity contribution is 0.0736. The molecule has 0 aliphatic heterocycles. The van der Waals surface area contributed by atoms with Crippen molar-refractivity contribution in [3.63, 3.8) is 0 Å². The molecule has 1 heterocycles. The molecule has 8 aromatic carbocycles. The first kappa shape index (κ1) is 95.8. The van der Waals surface area contributed by atoms with Gasteiger partial charge >= 0.3 is 6.01 Å². The molecule has 1 aromatic heterocycles. The average molecular weight is 1590 g/mol. The maximum atomic E-state index is 12.1. The summed E-state index contributed by atoms with van der Waals surface area (Å²) in [4.78, 5) is 91.1. The van der Waals surface area contributed by atoms with Gasteiger partial charge in [-0.3, -0.25) is 33.6 Å². The van der Waals surface area contributed by atoms with E-state index in [4.69, 9.17) is 4.52 Å². The van der Waals surface area contributed by atoms with Crippen LogP contribution in [0.1, 0.15) is 153 Å². The highest BCUT2D eigenvalue weighted by atomic mass is 16.5. The average Bonchev–Trinajstić information content (AvgIpc) is 1.64. The van der Waals surface area contributed by atoms with Gasteiger partial charge in [0.05, 0.1) is 0 Å². The van der Waals surface area contributed by atoms with Gasteiger partial charge in [-0.2, -0.15) is 4.98 Å². The predicted octanol–water partition coefficient (Wildman–Crippen LogP) is 15.1. The zero-order valence-corrected chi connectivity index (χ0v) is 71.5. The zero-order chi connectivity index (χ0) is 85.7. The Morgan fingerprint density at radius 1 is 0.405 bits per heavy atom. The van der Waals surface area contributed by atoms with Gasteiger partial charge < -0.3 is 88.3 Å². The Balaban J connectivity index is 0.000000279. The van der Waals surface area contributed by atoms with Gasteiger partial charge in [0, 0.05) is 220 Å². The van der Waals surface area contributed by atoms with Gasteiger partial charge in [-0.1, -0.05) is 80.5 Å². The minimum Gasteiger partial charge on any atom is -0.388 e. The van der Waals surface area contributed by atoms with Crippen LogP contribution in [0.25, 0.3) is 11.4 Å². The van der Waals surface area contributed by atoms with Gasteiger partial charge in [0.25, 0.3) is 41.4 Å². The number of hydrogen-bond donors (Lipinski definition) is 13. The summed E-state index contributed by atoms with van der Waals surface area (Å²) < 4.78 is 4.95. The minimum absolute atomic E-state index is 0.0131. The Kier molecular flexibility index (Phi) is 42.9. The second-order valence-electron chi connectivity index (χ2n) is 28.1. The molecule has 0 radical (unpaired) electrons. The topological polar surface area (TPSA) is 325 Å². The lowest BCUT2D eigenvalue weighted by atomic mass is 9.93. The monoisotopic (exact) mass is 1590 g/mol. The fourth-order valence-electron chi connectivity index (χ4n) is 10.3. The van der Waals surface area contributed by atoms with E-state index < -0.39 is 0 Å². The Bertz CT molecular complexity index is 4420. The number of aromatic nitrogens is 2. The van der Waals surface area contributed by atoms with E-state index in [1.807, 2.05) is 266 Å². The van der Waals surface area contributed by atoms with Crippen LogP contribution in [0.3, 0.4) is 0 Å².